The zero-order chi connectivity index (χ0) is 19.8. The lowest BCUT2D eigenvalue weighted by atomic mass is 9.99. The van der Waals surface area contributed by atoms with Gasteiger partial charge in [-0.3, -0.25) is 0 Å². The molecule has 0 aromatic heterocycles. The molecule has 0 amide bonds. The number of benzene rings is 2. The Morgan fingerprint density at radius 2 is 1.64 bits per heavy atom. The summed E-state index contributed by atoms with van der Waals surface area (Å²) in [6.07, 6.45) is -4.47. The molecule has 3 atom stereocenters. The van der Waals surface area contributed by atoms with Gasteiger partial charge in [0.2, 0.25) is 0 Å². The van der Waals surface area contributed by atoms with E-state index in [1.165, 1.54) is 0 Å². The number of pyridine rings is 1. The molecule has 0 aliphatic carbocycles. The molecule has 4 rings (SSSR count). The third kappa shape index (κ3) is 2.96. The summed E-state index contributed by atoms with van der Waals surface area (Å²) < 4.78 is 1.93. The summed E-state index contributed by atoms with van der Waals surface area (Å²) in [5, 5.41) is 41.0. The average molecular weight is 378 g/mol. The van der Waals surface area contributed by atoms with Crippen LogP contribution in [0.2, 0.25) is 0 Å². The van der Waals surface area contributed by atoms with Crippen LogP contribution in [0, 0.1) is 0 Å². The first-order valence-electron chi connectivity index (χ1n) is 9.11. The number of aliphatic hydroxyl groups excluding tert-OH is 4. The maximum atomic E-state index is 10.7. The highest BCUT2D eigenvalue weighted by Gasteiger charge is 2.33. The molecule has 2 heterocycles. The zero-order valence-corrected chi connectivity index (χ0v) is 15.4. The first-order chi connectivity index (χ1) is 13.5. The second-order valence-corrected chi connectivity index (χ2v) is 6.92. The molecule has 0 unspecified atom stereocenters. The summed E-state index contributed by atoms with van der Waals surface area (Å²) in [5.41, 5.74) is 4.31. The van der Waals surface area contributed by atoms with Crippen LogP contribution in [0.4, 0.5) is 0 Å². The number of rotatable bonds is 5. The summed E-state index contributed by atoms with van der Waals surface area (Å²) in [7, 11) is 1.88. The van der Waals surface area contributed by atoms with E-state index in [2.05, 4.69) is 4.98 Å². The van der Waals surface area contributed by atoms with Crippen molar-refractivity contribution in [2.24, 2.45) is 7.05 Å². The minimum atomic E-state index is -1.56. The topological polar surface area (TPSA) is 98.7 Å². The number of para-hydroxylation sites is 1. The van der Waals surface area contributed by atoms with Crippen molar-refractivity contribution in [3.8, 4) is 22.5 Å². The van der Waals surface area contributed by atoms with Crippen LogP contribution in [0.5, 0.6) is 0 Å². The monoisotopic (exact) mass is 378 g/mol. The van der Waals surface area contributed by atoms with Crippen molar-refractivity contribution in [2.75, 3.05) is 6.61 Å². The van der Waals surface area contributed by atoms with Gasteiger partial charge in [0.05, 0.1) is 23.7 Å². The molecule has 0 bridgehead atoms. The van der Waals surface area contributed by atoms with E-state index in [-0.39, 0.29) is 5.69 Å². The van der Waals surface area contributed by atoms with E-state index < -0.39 is 24.9 Å². The molecular formula is C22H22N2O4. The first kappa shape index (κ1) is 18.6. The van der Waals surface area contributed by atoms with Gasteiger partial charge in [-0.15, -0.1) is 0 Å². The third-order valence-electron chi connectivity index (χ3n) is 5.15. The van der Waals surface area contributed by atoms with Crippen LogP contribution in [-0.4, -0.2) is 48.8 Å². The van der Waals surface area contributed by atoms with Crippen molar-refractivity contribution in [3.05, 3.63) is 66.4 Å². The molecule has 0 spiro atoms. The van der Waals surface area contributed by atoms with Crippen molar-refractivity contribution in [2.45, 2.75) is 18.3 Å². The Morgan fingerprint density at radius 3 is 2.36 bits per heavy atom. The molecule has 2 aromatic carbocycles. The fourth-order valence-electron chi connectivity index (χ4n) is 3.67. The Hall–Kier alpha value is -2.77. The molecule has 6 heteroatoms. The third-order valence-corrected chi connectivity index (χ3v) is 5.15. The van der Waals surface area contributed by atoms with Gasteiger partial charge in [0.25, 0.3) is 0 Å². The van der Waals surface area contributed by atoms with Crippen molar-refractivity contribution in [1.29, 1.82) is 0 Å². The predicted molar refractivity (Wildman–Crippen MR) is 107 cm³/mol. The summed E-state index contributed by atoms with van der Waals surface area (Å²) in [4.78, 5) is 4.66. The van der Waals surface area contributed by atoms with E-state index in [1.54, 1.807) is 0 Å². The van der Waals surface area contributed by atoms with Gasteiger partial charge in [-0.05, 0) is 17.5 Å². The lowest BCUT2D eigenvalue weighted by Crippen LogP contribution is -2.35. The van der Waals surface area contributed by atoms with Gasteiger partial charge < -0.3 is 25.0 Å². The van der Waals surface area contributed by atoms with Gasteiger partial charge in [-0.25, -0.2) is 4.98 Å². The molecule has 4 N–H and O–H groups in total. The minimum absolute atomic E-state index is 0.266. The number of hydrogen-bond donors (Lipinski definition) is 4. The first-order valence-corrected chi connectivity index (χ1v) is 9.11. The molecule has 144 valence electrons. The van der Waals surface area contributed by atoms with Gasteiger partial charge in [0.15, 0.2) is 0 Å². The number of fused-ring (bicyclic) bond motifs is 2. The fraction of sp³-hybridized carbons (Fsp3) is 0.227. The maximum absolute atomic E-state index is 10.7. The highest BCUT2D eigenvalue weighted by molar-refractivity contribution is 5.93. The minimum Gasteiger partial charge on any atom is -0.394 e. The van der Waals surface area contributed by atoms with Crippen LogP contribution in [0.3, 0.4) is 0 Å². The number of aliphatic hydroxyl groups is 4. The predicted octanol–water partition coefficient (Wildman–Crippen LogP) is 2.09. The molecule has 0 radical (unpaired) electrons. The van der Waals surface area contributed by atoms with Crippen molar-refractivity contribution in [3.63, 3.8) is 0 Å². The zero-order valence-electron chi connectivity index (χ0n) is 15.4. The van der Waals surface area contributed by atoms with Gasteiger partial charge >= 0.3 is 0 Å². The molecule has 0 saturated heterocycles. The molecule has 2 aliphatic heterocycles. The SMILES string of the molecule is Cn1c2c([C@H](O)[C@H](O)[C@H](O)CO)nc(-c3ccccc3)c-2cc2ccccc21. The van der Waals surface area contributed by atoms with Crippen LogP contribution in [0.1, 0.15) is 11.8 Å². The molecule has 0 saturated carbocycles. The van der Waals surface area contributed by atoms with Crippen LogP contribution in [-0.2, 0) is 7.05 Å². The van der Waals surface area contributed by atoms with Gasteiger partial charge in [-0.1, -0.05) is 48.5 Å². The van der Waals surface area contributed by atoms with Crippen LogP contribution in [0.15, 0.2) is 60.7 Å². The quantitative estimate of drug-likeness (QED) is 0.426. The van der Waals surface area contributed by atoms with Gasteiger partial charge in [-0.2, -0.15) is 0 Å². The van der Waals surface area contributed by atoms with Crippen LogP contribution < -0.4 is 0 Å². The number of hydrogen-bond acceptors (Lipinski definition) is 5. The second kappa shape index (κ2) is 7.33. The standard InChI is InChI=1S/C22H22N2O4/c1-24-16-10-6-5-9-14(16)11-15-18(13-7-3-2-4-8-13)23-19(20(15)24)22(28)21(27)17(26)12-25/h2-11,17,21-22,25-28H,12H2,1H3/t17-,21-,22+/m1/s1. The van der Waals surface area contributed by atoms with E-state index in [0.717, 1.165) is 22.0 Å². The largest absolute Gasteiger partial charge is 0.394 e. The molecule has 6 nitrogen and oxygen atoms in total. The van der Waals surface area contributed by atoms with E-state index in [0.29, 0.717) is 11.4 Å². The molecule has 2 aliphatic rings. The van der Waals surface area contributed by atoms with E-state index in [1.807, 2.05) is 72.3 Å². The highest BCUT2D eigenvalue weighted by atomic mass is 16.4. The summed E-state index contributed by atoms with van der Waals surface area (Å²) in [6, 6.07) is 19.5. The van der Waals surface area contributed by atoms with Gasteiger partial charge in [0.1, 0.15) is 18.3 Å². The molecule has 2 aromatic rings. The van der Waals surface area contributed by atoms with E-state index in [9.17, 15) is 15.3 Å². The number of aromatic nitrogens is 2. The average Bonchev–Trinajstić information content (AvgIpc) is 3.12. The highest BCUT2D eigenvalue weighted by Crippen LogP contribution is 2.41. The van der Waals surface area contributed by atoms with Crippen molar-refractivity contribution >= 4 is 10.9 Å². The summed E-state index contributed by atoms with van der Waals surface area (Å²) in [5.74, 6) is 0. The smallest absolute Gasteiger partial charge is 0.127 e. The summed E-state index contributed by atoms with van der Waals surface area (Å²) >= 11 is 0. The molecule has 28 heavy (non-hydrogen) atoms. The Morgan fingerprint density at radius 1 is 0.964 bits per heavy atom. The lowest BCUT2D eigenvalue weighted by Gasteiger charge is -2.22. The normalized spacial score (nSPS) is 15.0. The van der Waals surface area contributed by atoms with Crippen molar-refractivity contribution < 1.29 is 20.4 Å². The van der Waals surface area contributed by atoms with Gasteiger partial charge in [0, 0.05) is 23.7 Å². The Labute approximate surface area is 162 Å². The number of nitrogens with zero attached hydrogens (tertiary/aromatic N) is 2. The molecular weight excluding hydrogens is 356 g/mol. The van der Waals surface area contributed by atoms with Crippen molar-refractivity contribution in [1.82, 2.24) is 9.55 Å². The second-order valence-electron chi connectivity index (χ2n) is 6.92. The van der Waals surface area contributed by atoms with E-state index in [4.69, 9.17) is 5.11 Å². The maximum Gasteiger partial charge on any atom is 0.127 e. The van der Waals surface area contributed by atoms with Crippen LogP contribution in [0.25, 0.3) is 33.4 Å². The van der Waals surface area contributed by atoms with E-state index >= 15 is 0 Å². The fourth-order valence-corrected chi connectivity index (χ4v) is 3.67. The Balaban J connectivity index is 2.00. The summed E-state index contributed by atoms with van der Waals surface area (Å²) in [6.45, 7) is -0.655. The Bertz CT molecular complexity index is 1080. The molecule has 0 fully saturated rings. The van der Waals surface area contributed by atoms with Crippen LogP contribution >= 0.6 is 0 Å². The Kier molecular flexibility index (Phi) is 4.87. The lowest BCUT2D eigenvalue weighted by molar-refractivity contribution is -0.0787. The number of aryl methyl sites for hydroxylation is 1.